The fraction of sp³-hybridized carbons (Fsp3) is 0.929. The second-order valence-corrected chi connectivity index (χ2v) is 10.6. The van der Waals surface area contributed by atoms with E-state index in [4.69, 9.17) is 4.18 Å². The van der Waals surface area contributed by atoms with Gasteiger partial charge in [0, 0.05) is 18.0 Å². The Balaban J connectivity index is 3.79. The number of rotatable bonds is 10. The van der Waals surface area contributed by atoms with Crippen LogP contribution in [0.2, 0.25) is 0 Å². The minimum absolute atomic E-state index is 0.299. The van der Waals surface area contributed by atoms with Crippen LogP contribution in [0.25, 0.3) is 0 Å². The van der Waals surface area contributed by atoms with Gasteiger partial charge in [0.1, 0.15) is 0 Å². The number of nitrogens with zero attached hydrogens (tertiary/aromatic N) is 1. The van der Waals surface area contributed by atoms with Gasteiger partial charge in [0.2, 0.25) is 0 Å². The minimum atomic E-state index is -1.28. The fourth-order valence-corrected chi connectivity index (χ4v) is 3.56. The Morgan fingerprint density at radius 2 is 2.00 bits per heavy atom. The monoisotopic (exact) mass is 309 g/mol. The maximum absolute atomic E-state index is 9.18. The first-order valence-corrected chi connectivity index (χ1v) is 10.2. The van der Waals surface area contributed by atoms with Gasteiger partial charge in [-0.25, -0.2) is 0 Å². The molecular formula is C14H31NO2S2. The molecule has 0 radical (unpaired) electrons. The molecule has 5 heteroatoms. The Labute approximate surface area is 125 Å². The van der Waals surface area contributed by atoms with E-state index in [0.717, 1.165) is 25.1 Å². The standard InChI is InChI=1S/C14H31NO2S2/c1-12(2)11-13(3)15-8-6-10-19(5,18)17-9-7-14(4)16/h12,14,16,18H,6-11H2,1-5H3. The second-order valence-electron chi connectivity index (χ2n) is 5.69. The van der Waals surface area contributed by atoms with Crippen LogP contribution >= 0.6 is 21.0 Å². The van der Waals surface area contributed by atoms with Crippen LogP contribution in [0, 0.1) is 5.92 Å². The number of aliphatic hydroxyl groups excluding tert-OH is 1. The number of aliphatic hydroxyl groups is 1. The zero-order valence-corrected chi connectivity index (χ0v) is 14.8. The topological polar surface area (TPSA) is 41.8 Å². The number of aliphatic imine (C=N–C) groups is 1. The molecule has 3 nitrogen and oxygen atoms in total. The van der Waals surface area contributed by atoms with Gasteiger partial charge in [-0.05, 0) is 45.3 Å². The first-order chi connectivity index (χ1) is 8.73. The van der Waals surface area contributed by atoms with Crippen molar-refractivity contribution in [1.82, 2.24) is 0 Å². The molecule has 0 aliphatic heterocycles. The fourth-order valence-electron chi connectivity index (χ4n) is 1.71. The molecule has 0 rings (SSSR count). The molecule has 0 amide bonds. The number of hydrogen-bond donors (Lipinski definition) is 2. The molecule has 0 saturated carbocycles. The number of hydrogen-bond acceptors (Lipinski definition) is 4. The largest absolute Gasteiger partial charge is 0.393 e. The molecule has 0 aliphatic carbocycles. The third-order valence-corrected chi connectivity index (χ3v) is 5.22. The molecule has 0 fully saturated rings. The average molecular weight is 310 g/mol. The smallest absolute Gasteiger partial charge is 0.0626 e. The molecule has 0 aromatic rings. The molecular weight excluding hydrogens is 278 g/mol. The molecule has 19 heavy (non-hydrogen) atoms. The summed E-state index contributed by atoms with van der Waals surface area (Å²) in [5.41, 5.74) is 1.24. The van der Waals surface area contributed by atoms with Crippen molar-refractivity contribution >= 4 is 26.7 Å². The molecule has 2 unspecified atom stereocenters. The third kappa shape index (κ3) is 13.0. The highest BCUT2D eigenvalue weighted by Crippen LogP contribution is 2.50. The van der Waals surface area contributed by atoms with E-state index < -0.39 is 9.34 Å². The molecule has 0 saturated heterocycles. The van der Waals surface area contributed by atoms with Gasteiger partial charge in [-0.2, -0.15) is 0 Å². The van der Waals surface area contributed by atoms with Crippen LogP contribution in [0.15, 0.2) is 4.99 Å². The Morgan fingerprint density at radius 3 is 2.53 bits per heavy atom. The van der Waals surface area contributed by atoms with Crippen molar-refractivity contribution in [3.63, 3.8) is 0 Å². The predicted molar refractivity (Wildman–Crippen MR) is 91.7 cm³/mol. The summed E-state index contributed by atoms with van der Waals surface area (Å²) in [6.45, 7) is 9.75. The molecule has 0 aromatic heterocycles. The van der Waals surface area contributed by atoms with Crippen LogP contribution in [0.1, 0.15) is 47.0 Å². The summed E-state index contributed by atoms with van der Waals surface area (Å²) in [7, 11) is -1.28. The molecule has 0 spiro atoms. The Kier molecular flexibility index (Phi) is 10.2. The van der Waals surface area contributed by atoms with E-state index in [2.05, 4.69) is 43.7 Å². The van der Waals surface area contributed by atoms with Gasteiger partial charge in [0.05, 0.1) is 12.7 Å². The molecule has 2 atom stereocenters. The lowest BCUT2D eigenvalue weighted by Crippen LogP contribution is -2.09. The SMILES string of the molecule is CC(CC(C)C)=NCCCS(C)(S)OCCC(C)O. The lowest BCUT2D eigenvalue weighted by Gasteiger charge is -2.29. The van der Waals surface area contributed by atoms with Crippen LogP contribution in [-0.4, -0.2) is 42.1 Å². The Bertz CT molecular complexity index is 266. The average Bonchev–Trinajstić information content (AvgIpc) is 2.22. The zero-order valence-electron chi connectivity index (χ0n) is 13.1. The van der Waals surface area contributed by atoms with Gasteiger partial charge in [0.15, 0.2) is 0 Å². The Hall–Kier alpha value is 0.290. The van der Waals surface area contributed by atoms with Crippen molar-refractivity contribution in [2.75, 3.05) is 25.2 Å². The lowest BCUT2D eigenvalue weighted by atomic mass is 10.1. The maximum atomic E-state index is 9.18. The Morgan fingerprint density at radius 1 is 1.37 bits per heavy atom. The minimum Gasteiger partial charge on any atom is -0.393 e. The summed E-state index contributed by atoms with van der Waals surface area (Å²) in [6.07, 6.45) is 4.53. The van der Waals surface area contributed by atoms with Gasteiger partial charge >= 0.3 is 0 Å². The van der Waals surface area contributed by atoms with E-state index in [1.54, 1.807) is 6.92 Å². The molecule has 0 bridgehead atoms. The van der Waals surface area contributed by atoms with Crippen LogP contribution in [-0.2, 0) is 4.18 Å². The van der Waals surface area contributed by atoms with Crippen molar-refractivity contribution in [2.24, 2.45) is 10.9 Å². The summed E-state index contributed by atoms with van der Waals surface area (Å²) >= 11 is 4.60. The molecule has 1 N–H and O–H groups in total. The van der Waals surface area contributed by atoms with Crippen LogP contribution < -0.4 is 0 Å². The normalized spacial score (nSPS) is 19.3. The molecule has 116 valence electrons. The first-order valence-electron chi connectivity index (χ1n) is 7.03. The van der Waals surface area contributed by atoms with Gasteiger partial charge in [-0.15, -0.1) is 11.7 Å². The van der Waals surface area contributed by atoms with Crippen molar-refractivity contribution < 1.29 is 9.29 Å². The molecule has 0 aromatic carbocycles. The van der Waals surface area contributed by atoms with Crippen molar-refractivity contribution in [2.45, 2.75) is 53.1 Å². The summed E-state index contributed by atoms with van der Waals surface area (Å²) < 4.78 is 5.75. The van der Waals surface area contributed by atoms with Gasteiger partial charge in [-0.1, -0.05) is 23.2 Å². The summed E-state index contributed by atoms with van der Waals surface area (Å²) in [5.74, 6) is 1.63. The number of thiol groups is 1. The highest BCUT2D eigenvalue weighted by atomic mass is 33.1. The highest BCUT2D eigenvalue weighted by Gasteiger charge is 2.13. The maximum Gasteiger partial charge on any atom is 0.0626 e. The van der Waals surface area contributed by atoms with Gasteiger partial charge < -0.3 is 9.29 Å². The summed E-state index contributed by atoms with van der Waals surface area (Å²) in [4.78, 5) is 4.58. The molecule has 0 aliphatic rings. The van der Waals surface area contributed by atoms with E-state index in [0.29, 0.717) is 18.9 Å². The van der Waals surface area contributed by atoms with Crippen LogP contribution in [0.5, 0.6) is 0 Å². The quantitative estimate of drug-likeness (QED) is 0.278. The van der Waals surface area contributed by atoms with E-state index in [9.17, 15) is 5.11 Å². The van der Waals surface area contributed by atoms with E-state index in [-0.39, 0.29) is 6.10 Å². The van der Waals surface area contributed by atoms with Crippen LogP contribution in [0.4, 0.5) is 0 Å². The third-order valence-electron chi connectivity index (χ3n) is 2.64. The summed E-state index contributed by atoms with van der Waals surface area (Å²) in [6, 6.07) is 0. The van der Waals surface area contributed by atoms with Gasteiger partial charge in [-0.3, -0.25) is 4.99 Å². The van der Waals surface area contributed by atoms with Crippen LogP contribution in [0.3, 0.4) is 0 Å². The van der Waals surface area contributed by atoms with Crippen molar-refractivity contribution in [3.8, 4) is 0 Å². The van der Waals surface area contributed by atoms with E-state index in [1.165, 1.54) is 5.71 Å². The first kappa shape index (κ1) is 19.3. The summed E-state index contributed by atoms with van der Waals surface area (Å²) in [5, 5.41) is 9.18. The predicted octanol–water partition coefficient (Wildman–Crippen LogP) is 3.87. The van der Waals surface area contributed by atoms with E-state index in [1.807, 2.05) is 0 Å². The van der Waals surface area contributed by atoms with Crippen molar-refractivity contribution in [1.29, 1.82) is 0 Å². The highest BCUT2D eigenvalue weighted by molar-refractivity contribution is 8.85. The van der Waals surface area contributed by atoms with E-state index >= 15 is 0 Å². The zero-order chi connectivity index (χ0) is 14.9. The lowest BCUT2D eigenvalue weighted by molar-refractivity contribution is 0.161. The van der Waals surface area contributed by atoms with Crippen molar-refractivity contribution in [3.05, 3.63) is 0 Å². The second kappa shape index (κ2) is 10.1. The molecule has 0 heterocycles. The van der Waals surface area contributed by atoms with Gasteiger partial charge in [0.25, 0.3) is 0 Å².